The monoisotopic (exact) mass is 222 g/mol. The number of rotatable bonds is 6. The Morgan fingerprint density at radius 2 is 1.88 bits per heavy atom. The van der Waals surface area contributed by atoms with Gasteiger partial charge in [-0.05, 0) is 23.5 Å². The van der Waals surface area contributed by atoms with Crippen molar-refractivity contribution in [2.45, 2.75) is 45.3 Å². The Labute approximate surface area is 98.3 Å². The first-order chi connectivity index (χ1) is 7.67. The normalized spacial score (nSPS) is 14.8. The van der Waals surface area contributed by atoms with Crippen molar-refractivity contribution in [3.05, 3.63) is 35.4 Å². The molecule has 0 saturated heterocycles. The number of aryl methyl sites for hydroxylation is 1. The smallest absolute Gasteiger partial charge is 0.154 e. The van der Waals surface area contributed by atoms with Crippen molar-refractivity contribution in [2.75, 3.05) is 7.11 Å². The van der Waals surface area contributed by atoms with E-state index in [0.29, 0.717) is 12.3 Å². The Hall–Kier alpha value is -0.860. The lowest BCUT2D eigenvalue weighted by atomic mass is 9.96. The highest BCUT2D eigenvalue weighted by Gasteiger charge is 2.11. The maximum absolute atomic E-state index is 9.41. The van der Waals surface area contributed by atoms with Crippen LogP contribution in [0.3, 0.4) is 0 Å². The van der Waals surface area contributed by atoms with E-state index in [9.17, 15) is 5.11 Å². The molecular weight excluding hydrogens is 200 g/mol. The van der Waals surface area contributed by atoms with Gasteiger partial charge >= 0.3 is 0 Å². The molecule has 0 saturated carbocycles. The van der Waals surface area contributed by atoms with Gasteiger partial charge in [0.1, 0.15) is 0 Å². The summed E-state index contributed by atoms with van der Waals surface area (Å²) < 4.78 is 4.86. The summed E-state index contributed by atoms with van der Waals surface area (Å²) in [4.78, 5) is 0. The van der Waals surface area contributed by atoms with Gasteiger partial charge in [-0.15, -0.1) is 0 Å². The van der Waals surface area contributed by atoms with Crippen LogP contribution >= 0.6 is 0 Å². The maximum Gasteiger partial charge on any atom is 0.154 e. The van der Waals surface area contributed by atoms with Crippen LogP contribution in [0.1, 0.15) is 43.7 Å². The molecule has 2 atom stereocenters. The van der Waals surface area contributed by atoms with Crippen molar-refractivity contribution in [3.63, 3.8) is 0 Å². The van der Waals surface area contributed by atoms with Gasteiger partial charge in [0, 0.05) is 13.5 Å². The second kappa shape index (κ2) is 6.66. The van der Waals surface area contributed by atoms with Gasteiger partial charge in [-0.1, -0.05) is 44.5 Å². The van der Waals surface area contributed by atoms with E-state index >= 15 is 0 Å². The third-order valence-corrected chi connectivity index (χ3v) is 2.91. The lowest BCUT2D eigenvalue weighted by molar-refractivity contribution is -0.0812. The molecule has 0 aliphatic rings. The molecule has 2 nitrogen and oxygen atoms in total. The summed E-state index contributed by atoms with van der Waals surface area (Å²) in [7, 11) is 1.53. The third kappa shape index (κ3) is 3.95. The van der Waals surface area contributed by atoms with E-state index in [1.54, 1.807) is 0 Å². The van der Waals surface area contributed by atoms with Crippen LogP contribution in [0.15, 0.2) is 24.3 Å². The minimum absolute atomic E-state index is 0.325. The number of ether oxygens (including phenoxy) is 1. The standard InChI is InChI=1S/C14H22O2/c1-4-5-12-6-8-13(9-7-12)11(2)10-14(15)16-3/h6-9,11,14-15H,4-5,10H2,1-3H3. The second-order valence-electron chi connectivity index (χ2n) is 4.32. The fraction of sp³-hybridized carbons (Fsp3) is 0.571. The first-order valence-electron chi connectivity index (χ1n) is 5.97. The van der Waals surface area contributed by atoms with Crippen molar-refractivity contribution in [2.24, 2.45) is 0 Å². The summed E-state index contributed by atoms with van der Waals surface area (Å²) in [5.74, 6) is 0.325. The molecule has 90 valence electrons. The number of hydrogen-bond acceptors (Lipinski definition) is 2. The van der Waals surface area contributed by atoms with Crippen molar-refractivity contribution < 1.29 is 9.84 Å². The van der Waals surface area contributed by atoms with E-state index in [1.165, 1.54) is 24.7 Å². The molecule has 0 heterocycles. The van der Waals surface area contributed by atoms with Crippen molar-refractivity contribution in [1.29, 1.82) is 0 Å². The average Bonchev–Trinajstić information content (AvgIpc) is 2.30. The van der Waals surface area contributed by atoms with Crippen LogP contribution in [-0.4, -0.2) is 18.5 Å². The molecule has 0 aliphatic carbocycles. The van der Waals surface area contributed by atoms with Crippen molar-refractivity contribution in [1.82, 2.24) is 0 Å². The number of aliphatic hydroxyl groups is 1. The van der Waals surface area contributed by atoms with Gasteiger partial charge in [-0.25, -0.2) is 0 Å². The van der Waals surface area contributed by atoms with Crippen LogP contribution in [0.2, 0.25) is 0 Å². The predicted octanol–water partition coefficient (Wildman–Crippen LogP) is 3.10. The van der Waals surface area contributed by atoms with Gasteiger partial charge in [0.2, 0.25) is 0 Å². The fourth-order valence-electron chi connectivity index (χ4n) is 1.84. The topological polar surface area (TPSA) is 29.5 Å². The number of aliphatic hydroxyl groups excluding tert-OH is 1. The van der Waals surface area contributed by atoms with Crippen LogP contribution in [0.25, 0.3) is 0 Å². The molecule has 1 aromatic carbocycles. The van der Waals surface area contributed by atoms with Crippen LogP contribution in [0.5, 0.6) is 0 Å². The molecule has 2 heteroatoms. The van der Waals surface area contributed by atoms with E-state index in [0.717, 1.165) is 6.42 Å². The van der Waals surface area contributed by atoms with E-state index in [-0.39, 0.29) is 0 Å². The summed E-state index contributed by atoms with van der Waals surface area (Å²) in [5, 5.41) is 9.41. The zero-order chi connectivity index (χ0) is 12.0. The molecule has 0 bridgehead atoms. The molecule has 0 aromatic heterocycles. The highest BCUT2D eigenvalue weighted by atomic mass is 16.6. The van der Waals surface area contributed by atoms with Gasteiger partial charge in [0.25, 0.3) is 0 Å². The van der Waals surface area contributed by atoms with E-state index in [2.05, 4.69) is 38.1 Å². The first-order valence-corrected chi connectivity index (χ1v) is 5.97. The molecule has 1 rings (SSSR count). The van der Waals surface area contributed by atoms with Crippen LogP contribution in [-0.2, 0) is 11.2 Å². The molecule has 0 aliphatic heterocycles. The lowest BCUT2D eigenvalue weighted by Crippen LogP contribution is -2.12. The Balaban J connectivity index is 2.59. The molecule has 0 amide bonds. The number of hydrogen-bond donors (Lipinski definition) is 1. The largest absolute Gasteiger partial charge is 0.368 e. The maximum atomic E-state index is 9.41. The quantitative estimate of drug-likeness (QED) is 0.749. The Morgan fingerprint density at radius 1 is 1.25 bits per heavy atom. The van der Waals surface area contributed by atoms with Gasteiger partial charge < -0.3 is 9.84 Å². The molecule has 2 unspecified atom stereocenters. The summed E-state index contributed by atoms with van der Waals surface area (Å²) >= 11 is 0. The third-order valence-electron chi connectivity index (χ3n) is 2.91. The highest BCUT2D eigenvalue weighted by molar-refractivity contribution is 5.25. The van der Waals surface area contributed by atoms with Crippen LogP contribution in [0, 0.1) is 0 Å². The molecular formula is C14H22O2. The van der Waals surface area contributed by atoms with Gasteiger partial charge in [-0.3, -0.25) is 0 Å². The minimum atomic E-state index is -0.662. The zero-order valence-corrected chi connectivity index (χ0v) is 10.4. The molecule has 0 spiro atoms. The van der Waals surface area contributed by atoms with Gasteiger partial charge in [0.05, 0.1) is 0 Å². The number of benzene rings is 1. The van der Waals surface area contributed by atoms with Crippen molar-refractivity contribution >= 4 is 0 Å². The highest BCUT2D eigenvalue weighted by Crippen LogP contribution is 2.21. The Bertz CT molecular complexity index is 292. The SMILES string of the molecule is CCCc1ccc(C(C)CC(O)OC)cc1. The molecule has 1 aromatic rings. The summed E-state index contributed by atoms with van der Waals surface area (Å²) in [6, 6.07) is 8.65. The van der Waals surface area contributed by atoms with Gasteiger partial charge in [0.15, 0.2) is 6.29 Å². The number of methoxy groups -OCH3 is 1. The molecule has 1 N–H and O–H groups in total. The fourth-order valence-corrected chi connectivity index (χ4v) is 1.84. The van der Waals surface area contributed by atoms with E-state index in [4.69, 9.17) is 4.74 Å². The van der Waals surface area contributed by atoms with Crippen LogP contribution in [0.4, 0.5) is 0 Å². The summed E-state index contributed by atoms with van der Waals surface area (Å²) in [6.45, 7) is 4.29. The second-order valence-corrected chi connectivity index (χ2v) is 4.32. The van der Waals surface area contributed by atoms with Crippen LogP contribution < -0.4 is 0 Å². The molecule has 16 heavy (non-hydrogen) atoms. The summed E-state index contributed by atoms with van der Waals surface area (Å²) in [6.07, 6.45) is 2.29. The molecule has 0 fully saturated rings. The van der Waals surface area contributed by atoms with Gasteiger partial charge in [-0.2, -0.15) is 0 Å². The van der Waals surface area contributed by atoms with Crippen molar-refractivity contribution in [3.8, 4) is 0 Å². The molecule has 0 radical (unpaired) electrons. The van der Waals surface area contributed by atoms with E-state index < -0.39 is 6.29 Å². The van der Waals surface area contributed by atoms with E-state index in [1.807, 2.05) is 0 Å². The predicted molar refractivity (Wildman–Crippen MR) is 66.5 cm³/mol. The Kier molecular flexibility index (Phi) is 5.50. The summed E-state index contributed by atoms with van der Waals surface area (Å²) in [5.41, 5.74) is 2.64. The lowest BCUT2D eigenvalue weighted by Gasteiger charge is -2.15. The zero-order valence-electron chi connectivity index (χ0n) is 10.4. The first kappa shape index (κ1) is 13.2. The minimum Gasteiger partial charge on any atom is -0.368 e. The average molecular weight is 222 g/mol. The Morgan fingerprint density at radius 3 is 2.38 bits per heavy atom.